The third kappa shape index (κ3) is 3.03. The third-order valence-electron chi connectivity index (χ3n) is 3.16. The molecule has 1 aromatic rings. The van der Waals surface area contributed by atoms with E-state index in [4.69, 9.17) is 5.73 Å². The Morgan fingerprint density at radius 2 is 1.74 bits per heavy atom. The number of anilines is 1. The number of nitrogen functional groups attached to an aromatic ring is 1. The lowest BCUT2D eigenvalue weighted by Crippen LogP contribution is -2.36. The molecule has 0 aromatic heterocycles. The van der Waals surface area contributed by atoms with Gasteiger partial charge in [0.2, 0.25) is 10.0 Å². The van der Waals surface area contributed by atoms with Crippen molar-refractivity contribution in [3.8, 4) is 0 Å². The van der Waals surface area contributed by atoms with E-state index in [-0.39, 0.29) is 6.04 Å². The Labute approximate surface area is 112 Å². The number of halogens is 2. The average Bonchev–Trinajstić information content (AvgIpc) is 2.34. The van der Waals surface area contributed by atoms with Crippen LogP contribution < -0.4 is 5.73 Å². The van der Waals surface area contributed by atoms with Gasteiger partial charge in [0, 0.05) is 19.2 Å². The number of sulfonamides is 1. The topological polar surface area (TPSA) is 63.4 Å². The highest BCUT2D eigenvalue weighted by Gasteiger charge is 2.29. The molecule has 2 N–H and O–H groups in total. The van der Waals surface area contributed by atoms with Crippen molar-refractivity contribution in [2.24, 2.45) is 0 Å². The van der Waals surface area contributed by atoms with Crippen LogP contribution in [0.4, 0.5) is 14.5 Å². The molecule has 0 unspecified atom stereocenters. The SMILES string of the molecule is CCC(CC)N(C)S(=O)(=O)c1cc(N)c(F)cc1F. The van der Waals surface area contributed by atoms with Crippen molar-refractivity contribution >= 4 is 15.7 Å². The molecule has 4 nitrogen and oxygen atoms in total. The summed E-state index contributed by atoms with van der Waals surface area (Å²) in [4.78, 5) is -0.596. The normalized spacial score (nSPS) is 12.4. The lowest BCUT2D eigenvalue weighted by atomic mass is 10.2. The summed E-state index contributed by atoms with van der Waals surface area (Å²) in [5.74, 6) is -2.11. The Kier molecular flexibility index (Phi) is 4.86. The minimum atomic E-state index is -4.02. The van der Waals surface area contributed by atoms with Crippen molar-refractivity contribution < 1.29 is 17.2 Å². The molecule has 0 saturated carbocycles. The maximum absolute atomic E-state index is 13.7. The zero-order chi connectivity index (χ0) is 14.8. The highest BCUT2D eigenvalue weighted by atomic mass is 32.2. The molecule has 1 aromatic carbocycles. The molecule has 0 saturated heterocycles. The predicted octanol–water partition coefficient (Wildman–Crippen LogP) is 2.36. The van der Waals surface area contributed by atoms with Gasteiger partial charge in [-0.2, -0.15) is 4.31 Å². The first-order valence-electron chi connectivity index (χ1n) is 5.98. The molecule has 1 rings (SSSR count). The average molecular weight is 292 g/mol. The molecular formula is C12H18F2N2O2S. The Hall–Kier alpha value is -1.21. The Morgan fingerprint density at radius 3 is 2.21 bits per heavy atom. The van der Waals surface area contributed by atoms with E-state index in [1.54, 1.807) is 0 Å². The van der Waals surface area contributed by atoms with Crippen LogP contribution in [0, 0.1) is 11.6 Å². The lowest BCUT2D eigenvalue weighted by Gasteiger charge is -2.25. The molecule has 0 aliphatic heterocycles. The summed E-state index contributed by atoms with van der Waals surface area (Å²) < 4.78 is 52.4. The van der Waals surface area contributed by atoms with Crippen LogP contribution in [0.5, 0.6) is 0 Å². The third-order valence-corrected chi connectivity index (χ3v) is 5.09. The summed E-state index contributed by atoms with van der Waals surface area (Å²) in [6.07, 6.45) is 1.20. The molecule has 108 valence electrons. The molecule has 0 atom stereocenters. The summed E-state index contributed by atoms with van der Waals surface area (Å²) in [6.45, 7) is 3.69. The van der Waals surface area contributed by atoms with Crippen LogP contribution in [0.15, 0.2) is 17.0 Å². The largest absolute Gasteiger partial charge is 0.396 e. The van der Waals surface area contributed by atoms with Crippen LogP contribution in [0.2, 0.25) is 0 Å². The van der Waals surface area contributed by atoms with Gasteiger partial charge in [0.05, 0.1) is 5.69 Å². The van der Waals surface area contributed by atoms with Crippen LogP contribution in [-0.4, -0.2) is 25.8 Å². The predicted molar refractivity (Wildman–Crippen MR) is 70.1 cm³/mol. The van der Waals surface area contributed by atoms with Crippen LogP contribution in [0.1, 0.15) is 26.7 Å². The van der Waals surface area contributed by atoms with Gasteiger partial charge in [-0.3, -0.25) is 0 Å². The number of rotatable bonds is 5. The zero-order valence-corrected chi connectivity index (χ0v) is 12.0. The van der Waals surface area contributed by atoms with Crippen molar-refractivity contribution in [2.45, 2.75) is 37.6 Å². The number of nitrogens with two attached hydrogens (primary N) is 1. The van der Waals surface area contributed by atoms with Crippen LogP contribution >= 0.6 is 0 Å². The molecule has 0 heterocycles. The van der Waals surface area contributed by atoms with Crippen LogP contribution in [-0.2, 0) is 10.0 Å². The highest BCUT2D eigenvalue weighted by molar-refractivity contribution is 7.89. The van der Waals surface area contributed by atoms with E-state index in [0.29, 0.717) is 18.9 Å². The van der Waals surface area contributed by atoms with E-state index < -0.39 is 32.2 Å². The Bertz CT molecular complexity index is 557. The molecule has 0 aliphatic rings. The number of nitrogens with zero attached hydrogens (tertiary/aromatic N) is 1. The van der Waals surface area contributed by atoms with Crippen molar-refractivity contribution in [1.82, 2.24) is 4.31 Å². The standard InChI is InChI=1S/C12H18F2N2O2S/c1-4-8(5-2)16(3)19(17,18)12-7-11(15)9(13)6-10(12)14/h6-8H,4-5,15H2,1-3H3. The zero-order valence-electron chi connectivity index (χ0n) is 11.2. The first-order valence-corrected chi connectivity index (χ1v) is 7.42. The lowest BCUT2D eigenvalue weighted by molar-refractivity contribution is 0.348. The molecule has 0 amide bonds. The van der Waals surface area contributed by atoms with E-state index in [1.165, 1.54) is 7.05 Å². The Balaban J connectivity index is 3.31. The van der Waals surface area contributed by atoms with Gasteiger partial charge >= 0.3 is 0 Å². The van der Waals surface area contributed by atoms with Crippen LogP contribution in [0.3, 0.4) is 0 Å². The van der Waals surface area contributed by atoms with Crippen molar-refractivity contribution in [3.05, 3.63) is 23.8 Å². The van der Waals surface area contributed by atoms with Crippen molar-refractivity contribution in [2.75, 3.05) is 12.8 Å². The van der Waals surface area contributed by atoms with E-state index in [1.807, 2.05) is 13.8 Å². The van der Waals surface area contributed by atoms with Crippen molar-refractivity contribution in [3.63, 3.8) is 0 Å². The van der Waals surface area contributed by atoms with E-state index in [0.717, 1.165) is 10.4 Å². The van der Waals surface area contributed by atoms with Gasteiger partial charge in [-0.1, -0.05) is 13.8 Å². The van der Waals surface area contributed by atoms with E-state index in [2.05, 4.69) is 0 Å². The quantitative estimate of drug-likeness (QED) is 0.847. The van der Waals surface area contributed by atoms with Gasteiger partial charge in [0.15, 0.2) is 0 Å². The van der Waals surface area contributed by atoms with Gasteiger partial charge in [0.25, 0.3) is 0 Å². The molecule has 7 heteroatoms. The number of hydrogen-bond donors (Lipinski definition) is 1. The summed E-state index contributed by atoms with van der Waals surface area (Å²) in [5.41, 5.74) is 4.91. The first-order chi connectivity index (χ1) is 8.75. The molecular weight excluding hydrogens is 274 g/mol. The maximum atomic E-state index is 13.7. The number of benzene rings is 1. The summed E-state index contributed by atoms with van der Waals surface area (Å²) in [6, 6.07) is 1.07. The smallest absolute Gasteiger partial charge is 0.246 e. The van der Waals surface area contributed by atoms with Crippen LogP contribution in [0.25, 0.3) is 0 Å². The monoisotopic (exact) mass is 292 g/mol. The minimum Gasteiger partial charge on any atom is -0.396 e. The molecule has 19 heavy (non-hydrogen) atoms. The van der Waals surface area contributed by atoms with Gasteiger partial charge in [-0.25, -0.2) is 17.2 Å². The molecule has 0 aliphatic carbocycles. The fraction of sp³-hybridized carbons (Fsp3) is 0.500. The minimum absolute atomic E-state index is 0.240. The maximum Gasteiger partial charge on any atom is 0.246 e. The summed E-state index contributed by atoms with van der Waals surface area (Å²) in [7, 11) is -2.64. The van der Waals surface area contributed by atoms with Gasteiger partial charge in [-0.15, -0.1) is 0 Å². The molecule has 0 bridgehead atoms. The van der Waals surface area contributed by atoms with Gasteiger partial charge in [-0.05, 0) is 18.9 Å². The second-order valence-electron chi connectivity index (χ2n) is 4.30. The van der Waals surface area contributed by atoms with Gasteiger partial charge < -0.3 is 5.73 Å². The summed E-state index contributed by atoms with van der Waals surface area (Å²) >= 11 is 0. The second-order valence-corrected chi connectivity index (χ2v) is 6.26. The van der Waals surface area contributed by atoms with Gasteiger partial charge in [0.1, 0.15) is 16.5 Å². The van der Waals surface area contributed by atoms with E-state index in [9.17, 15) is 17.2 Å². The molecule has 0 spiro atoms. The van der Waals surface area contributed by atoms with Crippen molar-refractivity contribution in [1.29, 1.82) is 0 Å². The molecule has 0 fully saturated rings. The Morgan fingerprint density at radius 1 is 1.21 bits per heavy atom. The second kappa shape index (κ2) is 5.83. The van der Waals surface area contributed by atoms with E-state index >= 15 is 0 Å². The fourth-order valence-electron chi connectivity index (χ4n) is 1.90. The number of hydrogen-bond acceptors (Lipinski definition) is 3. The summed E-state index contributed by atoms with van der Waals surface area (Å²) in [5, 5.41) is 0. The fourth-order valence-corrected chi connectivity index (χ4v) is 3.48. The first kappa shape index (κ1) is 15.8. The molecule has 0 radical (unpaired) electrons. The highest BCUT2D eigenvalue weighted by Crippen LogP contribution is 2.25.